The molecule has 6 unspecified atom stereocenters. The number of nitrogens with zero attached hydrogens (tertiary/aromatic N) is 1. The zero-order valence-electron chi connectivity index (χ0n) is 12.3. The number of hydrogen-bond acceptors (Lipinski definition) is 2. The van der Waals surface area contributed by atoms with E-state index in [1.807, 2.05) is 0 Å². The number of amides is 1. The molecule has 3 aliphatic carbocycles. The maximum absolute atomic E-state index is 11.9. The molecule has 3 saturated carbocycles. The average molecular weight is 272 g/mol. The number of nitrogens with one attached hydrogen (secondary N) is 1. The summed E-state index contributed by atoms with van der Waals surface area (Å²) >= 11 is 0. The number of carbonyl (C=O) groups excluding carboxylic acids is 1. The zero-order chi connectivity index (χ0) is 14.3. The fourth-order valence-corrected chi connectivity index (χ4v) is 4.97. The Balaban J connectivity index is 1.64. The van der Waals surface area contributed by atoms with Gasteiger partial charge in [0.05, 0.1) is 6.07 Å². The van der Waals surface area contributed by atoms with E-state index in [1.54, 1.807) is 6.92 Å². The van der Waals surface area contributed by atoms with Crippen molar-refractivity contribution in [1.29, 1.82) is 5.26 Å². The molecule has 3 rings (SSSR count). The molecule has 0 aliphatic heterocycles. The van der Waals surface area contributed by atoms with Crippen LogP contribution in [0.2, 0.25) is 0 Å². The van der Waals surface area contributed by atoms with Crippen molar-refractivity contribution in [3.63, 3.8) is 0 Å². The number of rotatable bonds is 3. The predicted octanol–water partition coefficient (Wildman–Crippen LogP) is 3.03. The Morgan fingerprint density at radius 1 is 1.20 bits per heavy atom. The van der Waals surface area contributed by atoms with Crippen LogP contribution in [0.5, 0.6) is 0 Å². The fraction of sp³-hybridized carbons (Fsp3) is 0.765. The first-order valence-electron chi connectivity index (χ1n) is 7.96. The van der Waals surface area contributed by atoms with Gasteiger partial charge in [-0.1, -0.05) is 13.0 Å². The molecule has 0 spiro atoms. The van der Waals surface area contributed by atoms with Crippen LogP contribution in [0.1, 0.15) is 45.4 Å². The van der Waals surface area contributed by atoms with E-state index >= 15 is 0 Å². The van der Waals surface area contributed by atoms with Crippen LogP contribution in [0, 0.1) is 40.9 Å². The van der Waals surface area contributed by atoms with Crippen molar-refractivity contribution in [3.8, 4) is 6.07 Å². The van der Waals surface area contributed by atoms with E-state index < -0.39 is 0 Å². The summed E-state index contributed by atoms with van der Waals surface area (Å²) in [6, 6.07) is 2.82. The topological polar surface area (TPSA) is 52.9 Å². The second-order valence-electron chi connectivity index (χ2n) is 7.08. The van der Waals surface area contributed by atoms with Crippen molar-refractivity contribution in [2.24, 2.45) is 29.6 Å². The molecule has 1 amide bonds. The normalized spacial score (nSPS) is 42.4. The zero-order valence-corrected chi connectivity index (χ0v) is 12.3. The quantitative estimate of drug-likeness (QED) is 0.803. The van der Waals surface area contributed by atoms with E-state index in [4.69, 9.17) is 5.26 Å². The van der Waals surface area contributed by atoms with Crippen LogP contribution < -0.4 is 5.32 Å². The van der Waals surface area contributed by atoms with Crippen LogP contribution in [-0.2, 0) is 4.79 Å². The van der Waals surface area contributed by atoms with Gasteiger partial charge in [0, 0.05) is 17.5 Å². The van der Waals surface area contributed by atoms with E-state index in [9.17, 15) is 4.79 Å². The Morgan fingerprint density at radius 3 is 2.60 bits per heavy atom. The van der Waals surface area contributed by atoms with Gasteiger partial charge in [0.25, 0.3) is 0 Å². The van der Waals surface area contributed by atoms with Crippen molar-refractivity contribution < 1.29 is 4.79 Å². The molecular weight excluding hydrogens is 248 g/mol. The molecule has 3 heteroatoms. The highest BCUT2D eigenvalue weighted by molar-refractivity contribution is 5.92. The fourth-order valence-electron chi connectivity index (χ4n) is 4.97. The number of fused-ring (bicyclic) bond motifs is 2. The molecule has 0 radical (unpaired) electrons. The minimum atomic E-state index is 0.0138. The largest absolute Gasteiger partial charge is 0.349 e. The highest BCUT2D eigenvalue weighted by Gasteiger charge is 2.50. The first kappa shape index (κ1) is 13.7. The summed E-state index contributed by atoms with van der Waals surface area (Å²) in [6.07, 6.45) is 7.14. The summed E-state index contributed by atoms with van der Waals surface area (Å²) in [7, 11) is 0. The molecule has 0 saturated heterocycles. The molecule has 1 N–H and O–H groups in total. The van der Waals surface area contributed by atoms with Gasteiger partial charge in [-0.25, -0.2) is 0 Å². The molecule has 20 heavy (non-hydrogen) atoms. The van der Waals surface area contributed by atoms with Gasteiger partial charge in [-0.15, -0.1) is 0 Å². The first-order chi connectivity index (χ1) is 9.60. The molecule has 0 heterocycles. The van der Waals surface area contributed by atoms with Gasteiger partial charge in [0.1, 0.15) is 0 Å². The van der Waals surface area contributed by atoms with Crippen molar-refractivity contribution >= 4 is 5.91 Å². The molecule has 0 aromatic carbocycles. The minimum Gasteiger partial charge on any atom is -0.349 e. The third-order valence-electron chi connectivity index (χ3n) is 5.90. The van der Waals surface area contributed by atoms with Crippen LogP contribution >= 0.6 is 0 Å². The lowest BCUT2D eigenvalue weighted by Gasteiger charge is -2.33. The molecule has 3 nitrogen and oxygen atoms in total. The monoisotopic (exact) mass is 272 g/mol. The van der Waals surface area contributed by atoms with Gasteiger partial charge in [-0.3, -0.25) is 4.79 Å². The molecule has 108 valence electrons. The van der Waals surface area contributed by atoms with E-state index in [1.165, 1.54) is 25.7 Å². The Morgan fingerprint density at radius 2 is 2.00 bits per heavy atom. The smallest absolute Gasteiger partial charge is 0.246 e. The van der Waals surface area contributed by atoms with Crippen LogP contribution in [0.15, 0.2) is 12.2 Å². The lowest BCUT2D eigenvalue weighted by Crippen LogP contribution is -2.41. The Labute approximate surface area is 121 Å². The lowest BCUT2D eigenvalue weighted by molar-refractivity contribution is -0.118. The second kappa shape index (κ2) is 5.24. The van der Waals surface area contributed by atoms with Crippen molar-refractivity contribution in [2.75, 3.05) is 0 Å². The minimum absolute atomic E-state index is 0.0138. The summed E-state index contributed by atoms with van der Waals surface area (Å²) in [5.74, 6) is 3.06. The van der Waals surface area contributed by atoms with Gasteiger partial charge >= 0.3 is 0 Å². The van der Waals surface area contributed by atoms with Gasteiger partial charge in [-0.2, -0.15) is 5.26 Å². The predicted molar refractivity (Wildman–Crippen MR) is 77.5 cm³/mol. The third kappa shape index (κ3) is 2.26. The maximum atomic E-state index is 11.9. The maximum Gasteiger partial charge on any atom is 0.246 e. The average Bonchev–Trinajstić information content (AvgIpc) is 3.11. The molecular formula is C17H24N2O. The van der Waals surface area contributed by atoms with Gasteiger partial charge in [-0.05, 0) is 62.7 Å². The highest BCUT2D eigenvalue weighted by Crippen LogP contribution is 2.56. The van der Waals surface area contributed by atoms with E-state index in [0.717, 1.165) is 24.7 Å². The lowest BCUT2D eigenvalue weighted by atomic mass is 9.74. The van der Waals surface area contributed by atoms with Crippen LogP contribution in [0.25, 0.3) is 0 Å². The number of nitriles is 1. The summed E-state index contributed by atoms with van der Waals surface area (Å²) in [4.78, 5) is 11.9. The van der Waals surface area contributed by atoms with Gasteiger partial charge in [0.2, 0.25) is 5.91 Å². The summed E-state index contributed by atoms with van der Waals surface area (Å²) in [6.45, 7) is 5.50. The van der Waals surface area contributed by atoms with Crippen molar-refractivity contribution in [1.82, 2.24) is 5.32 Å². The standard InChI is InChI=1S/C17H24N2O/c1-10(2)17(20)19-16-5-3-4-14(16)15-8-11-6-12(15)7-13(11)9-18/h11-16H,1,3-8H2,2H3,(H,19,20). The molecule has 0 aromatic heterocycles. The van der Waals surface area contributed by atoms with E-state index in [-0.39, 0.29) is 5.91 Å². The molecule has 3 aliphatic rings. The Bertz CT molecular complexity index is 464. The van der Waals surface area contributed by atoms with Crippen molar-refractivity contribution in [3.05, 3.63) is 12.2 Å². The van der Waals surface area contributed by atoms with Crippen LogP contribution in [0.3, 0.4) is 0 Å². The SMILES string of the molecule is C=C(C)C(=O)NC1CCCC1C1CC2CC1CC2C#N. The van der Waals surface area contributed by atoms with Crippen LogP contribution in [-0.4, -0.2) is 11.9 Å². The van der Waals surface area contributed by atoms with Gasteiger partial charge in [0.15, 0.2) is 0 Å². The third-order valence-corrected chi connectivity index (χ3v) is 5.90. The molecule has 3 fully saturated rings. The number of hydrogen-bond donors (Lipinski definition) is 1. The molecule has 6 atom stereocenters. The van der Waals surface area contributed by atoms with Crippen molar-refractivity contribution in [2.45, 2.75) is 51.5 Å². The van der Waals surface area contributed by atoms with E-state index in [0.29, 0.717) is 29.4 Å². The Hall–Kier alpha value is -1.30. The molecule has 2 bridgehead atoms. The molecule has 0 aromatic rings. The Kier molecular flexibility index (Phi) is 3.58. The summed E-state index contributed by atoms with van der Waals surface area (Å²) < 4.78 is 0. The second-order valence-corrected chi connectivity index (χ2v) is 7.08. The highest BCUT2D eigenvalue weighted by atomic mass is 16.1. The van der Waals surface area contributed by atoms with E-state index in [2.05, 4.69) is 18.0 Å². The number of carbonyl (C=O) groups is 1. The summed E-state index contributed by atoms with van der Waals surface area (Å²) in [5.41, 5.74) is 0.605. The van der Waals surface area contributed by atoms with Gasteiger partial charge < -0.3 is 5.32 Å². The first-order valence-corrected chi connectivity index (χ1v) is 7.96. The summed E-state index contributed by atoms with van der Waals surface area (Å²) in [5, 5.41) is 12.3. The van der Waals surface area contributed by atoms with Crippen LogP contribution in [0.4, 0.5) is 0 Å².